The first kappa shape index (κ1) is 10.3. The Hall–Kier alpha value is -0.870. The van der Waals surface area contributed by atoms with Crippen LogP contribution in [0.1, 0.15) is 16.8 Å². The maximum atomic E-state index is 12.3. The largest absolute Gasteiger partial charge is 0.334 e. The number of hydrogen-bond donors (Lipinski definition) is 0. The van der Waals surface area contributed by atoms with Crippen molar-refractivity contribution in [1.82, 2.24) is 9.80 Å². The molecule has 0 aromatic carbocycles. The van der Waals surface area contributed by atoms with Gasteiger partial charge in [-0.15, -0.1) is 0 Å². The lowest BCUT2D eigenvalue weighted by atomic mass is 10.1. The molecule has 2 aliphatic heterocycles. The van der Waals surface area contributed by atoms with E-state index < -0.39 is 0 Å². The third-order valence-corrected chi connectivity index (χ3v) is 4.44. The first-order valence-electron chi connectivity index (χ1n) is 5.77. The van der Waals surface area contributed by atoms with Crippen molar-refractivity contribution in [2.45, 2.75) is 12.5 Å². The summed E-state index contributed by atoms with van der Waals surface area (Å²) >= 11 is 1.59. The molecule has 0 saturated carbocycles. The predicted molar refractivity (Wildman–Crippen MR) is 64.7 cm³/mol. The van der Waals surface area contributed by atoms with Crippen LogP contribution in [0.4, 0.5) is 0 Å². The van der Waals surface area contributed by atoms with Gasteiger partial charge in [-0.2, -0.15) is 11.3 Å². The lowest BCUT2D eigenvalue weighted by Crippen LogP contribution is -2.39. The average molecular weight is 236 g/mol. The lowest BCUT2D eigenvalue weighted by molar-refractivity contribution is 0.0730. The van der Waals surface area contributed by atoms with E-state index in [-0.39, 0.29) is 5.91 Å². The number of carbonyl (C=O) groups excluding carboxylic acids is 1. The molecule has 0 aliphatic carbocycles. The van der Waals surface area contributed by atoms with E-state index in [9.17, 15) is 4.79 Å². The summed E-state index contributed by atoms with van der Waals surface area (Å²) in [5.74, 6) is 0.927. The van der Waals surface area contributed by atoms with Crippen molar-refractivity contribution in [1.29, 1.82) is 0 Å². The van der Waals surface area contributed by atoms with Gasteiger partial charge in [0, 0.05) is 31.1 Å². The third-order valence-electron chi connectivity index (χ3n) is 3.76. The van der Waals surface area contributed by atoms with E-state index in [1.165, 1.54) is 6.42 Å². The Morgan fingerprint density at radius 1 is 1.50 bits per heavy atom. The van der Waals surface area contributed by atoms with Gasteiger partial charge in [-0.25, -0.2) is 0 Å². The lowest BCUT2D eigenvalue weighted by Gasteiger charge is -2.23. The summed E-state index contributed by atoms with van der Waals surface area (Å²) in [5.41, 5.74) is 0.861. The van der Waals surface area contributed by atoms with Gasteiger partial charge in [0.25, 0.3) is 5.91 Å². The third kappa shape index (κ3) is 1.57. The van der Waals surface area contributed by atoms with Crippen molar-refractivity contribution < 1.29 is 4.79 Å². The maximum Gasteiger partial charge on any atom is 0.255 e. The number of amides is 1. The van der Waals surface area contributed by atoms with E-state index in [2.05, 4.69) is 16.8 Å². The van der Waals surface area contributed by atoms with Crippen LogP contribution in [0.25, 0.3) is 0 Å². The molecule has 0 unspecified atom stereocenters. The molecule has 3 nitrogen and oxygen atoms in total. The van der Waals surface area contributed by atoms with E-state index in [0.717, 1.165) is 25.2 Å². The zero-order valence-electron chi connectivity index (χ0n) is 9.43. The zero-order valence-corrected chi connectivity index (χ0v) is 10.2. The second kappa shape index (κ2) is 3.86. The molecule has 2 saturated heterocycles. The summed E-state index contributed by atoms with van der Waals surface area (Å²) in [6, 6.07) is 2.39. The van der Waals surface area contributed by atoms with Crippen molar-refractivity contribution in [2.24, 2.45) is 5.92 Å². The smallest absolute Gasteiger partial charge is 0.255 e. The Balaban J connectivity index is 1.79. The molecule has 2 fully saturated rings. The molecule has 0 radical (unpaired) electrons. The molecule has 3 rings (SSSR count). The van der Waals surface area contributed by atoms with Crippen LogP contribution < -0.4 is 0 Å². The number of nitrogens with zero attached hydrogens (tertiary/aromatic N) is 2. The van der Waals surface area contributed by atoms with Gasteiger partial charge < -0.3 is 9.80 Å². The fourth-order valence-corrected chi connectivity index (χ4v) is 3.61. The second-order valence-electron chi connectivity index (χ2n) is 4.85. The van der Waals surface area contributed by atoms with Crippen LogP contribution >= 0.6 is 11.3 Å². The minimum absolute atomic E-state index is 0.226. The summed E-state index contributed by atoms with van der Waals surface area (Å²) in [5, 5.41) is 3.93. The number of hydrogen-bond acceptors (Lipinski definition) is 3. The first-order chi connectivity index (χ1) is 7.75. The fourth-order valence-electron chi connectivity index (χ4n) is 2.98. The Kier molecular flexibility index (Phi) is 2.48. The highest BCUT2D eigenvalue weighted by Crippen LogP contribution is 2.31. The van der Waals surface area contributed by atoms with E-state index >= 15 is 0 Å². The van der Waals surface area contributed by atoms with Gasteiger partial charge in [0.2, 0.25) is 0 Å². The Labute approximate surface area is 99.7 Å². The van der Waals surface area contributed by atoms with Gasteiger partial charge in [-0.05, 0) is 30.8 Å². The van der Waals surface area contributed by atoms with Crippen LogP contribution in [0.15, 0.2) is 16.8 Å². The topological polar surface area (TPSA) is 23.6 Å². The van der Waals surface area contributed by atoms with Gasteiger partial charge in [-0.1, -0.05) is 0 Å². The molecule has 1 aromatic heterocycles. The highest BCUT2D eigenvalue weighted by molar-refractivity contribution is 7.08. The minimum Gasteiger partial charge on any atom is -0.334 e. The number of carbonyl (C=O) groups is 1. The summed E-state index contributed by atoms with van der Waals surface area (Å²) in [7, 11) is 2.14. The van der Waals surface area contributed by atoms with Crippen LogP contribution in [-0.4, -0.2) is 48.4 Å². The SMILES string of the molecule is CN1C[C@@H]2CCN(C(=O)c3ccsc3)[C@H]2C1. The van der Waals surface area contributed by atoms with Gasteiger partial charge in [0.05, 0.1) is 5.56 Å². The van der Waals surface area contributed by atoms with Crippen LogP contribution in [0.3, 0.4) is 0 Å². The van der Waals surface area contributed by atoms with E-state index in [1.54, 1.807) is 11.3 Å². The molecule has 2 aliphatic rings. The number of rotatable bonds is 1. The summed E-state index contributed by atoms with van der Waals surface area (Å²) in [6.45, 7) is 3.14. The van der Waals surface area contributed by atoms with E-state index in [0.29, 0.717) is 12.0 Å². The predicted octanol–water partition coefficient (Wildman–Crippen LogP) is 1.52. The number of thiophene rings is 1. The second-order valence-corrected chi connectivity index (χ2v) is 5.63. The molecule has 0 bridgehead atoms. The van der Waals surface area contributed by atoms with Crippen molar-refractivity contribution in [2.75, 3.05) is 26.7 Å². The molecule has 16 heavy (non-hydrogen) atoms. The van der Waals surface area contributed by atoms with Gasteiger partial charge in [0.1, 0.15) is 0 Å². The van der Waals surface area contributed by atoms with Gasteiger partial charge >= 0.3 is 0 Å². The number of likely N-dealkylation sites (N-methyl/N-ethyl adjacent to an activating group) is 1. The molecular formula is C12H16N2OS. The van der Waals surface area contributed by atoms with E-state index in [4.69, 9.17) is 0 Å². The molecule has 2 atom stereocenters. The highest BCUT2D eigenvalue weighted by Gasteiger charge is 2.42. The Bertz CT molecular complexity index is 390. The first-order valence-corrected chi connectivity index (χ1v) is 6.71. The average Bonchev–Trinajstić information content (AvgIpc) is 2.90. The molecule has 1 aromatic rings. The van der Waals surface area contributed by atoms with Crippen LogP contribution in [-0.2, 0) is 0 Å². The van der Waals surface area contributed by atoms with Crippen LogP contribution in [0, 0.1) is 5.92 Å². The monoisotopic (exact) mass is 236 g/mol. The molecular weight excluding hydrogens is 220 g/mol. The molecule has 1 amide bonds. The highest BCUT2D eigenvalue weighted by atomic mass is 32.1. The molecule has 0 N–H and O–H groups in total. The van der Waals surface area contributed by atoms with E-state index in [1.807, 2.05) is 16.8 Å². The fraction of sp³-hybridized carbons (Fsp3) is 0.583. The molecule has 3 heterocycles. The van der Waals surface area contributed by atoms with Crippen LogP contribution in [0.5, 0.6) is 0 Å². The standard InChI is InChI=1S/C12H16N2OS/c1-13-6-9-2-4-14(11(9)7-13)12(15)10-3-5-16-8-10/h3,5,8-9,11H,2,4,6-7H2,1H3/t9-,11-/m0/s1. The van der Waals surface area contributed by atoms with Crippen molar-refractivity contribution in [3.8, 4) is 0 Å². The normalized spacial score (nSPS) is 29.7. The minimum atomic E-state index is 0.226. The Morgan fingerprint density at radius 2 is 2.38 bits per heavy atom. The Morgan fingerprint density at radius 3 is 3.12 bits per heavy atom. The summed E-state index contributed by atoms with van der Waals surface area (Å²) in [6.07, 6.45) is 1.17. The van der Waals surface area contributed by atoms with Gasteiger partial charge in [-0.3, -0.25) is 4.79 Å². The number of fused-ring (bicyclic) bond motifs is 1. The zero-order chi connectivity index (χ0) is 11.1. The van der Waals surface area contributed by atoms with Crippen LogP contribution in [0.2, 0.25) is 0 Å². The van der Waals surface area contributed by atoms with Crippen molar-refractivity contribution >= 4 is 17.2 Å². The van der Waals surface area contributed by atoms with Crippen molar-refractivity contribution in [3.05, 3.63) is 22.4 Å². The summed E-state index contributed by atoms with van der Waals surface area (Å²) < 4.78 is 0. The molecule has 0 spiro atoms. The summed E-state index contributed by atoms with van der Waals surface area (Å²) in [4.78, 5) is 16.7. The molecule has 86 valence electrons. The maximum absolute atomic E-state index is 12.3. The quantitative estimate of drug-likeness (QED) is 0.738. The number of likely N-dealkylation sites (tertiary alicyclic amines) is 2. The van der Waals surface area contributed by atoms with Crippen molar-refractivity contribution in [3.63, 3.8) is 0 Å². The molecule has 4 heteroatoms. The van der Waals surface area contributed by atoms with Gasteiger partial charge in [0.15, 0.2) is 0 Å².